The zero-order valence-electron chi connectivity index (χ0n) is 13.0. The summed E-state index contributed by atoms with van der Waals surface area (Å²) in [6, 6.07) is 17.6. The van der Waals surface area contributed by atoms with E-state index in [1.54, 1.807) is 7.11 Å². The summed E-state index contributed by atoms with van der Waals surface area (Å²) in [7, 11) is 1.62. The van der Waals surface area contributed by atoms with Crippen molar-refractivity contribution in [2.45, 2.75) is 19.8 Å². The molecular formula is C18H22O4. The minimum Gasteiger partial charge on any atom is -0.457 e. The molecule has 0 spiro atoms. The van der Waals surface area contributed by atoms with Crippen molar-refractivity contribution in [2.24, 2.45) is 0 Å². The highest BCUT2D eigenvalue weighted by molar-refractivity contribution is 5.32. The van der Waals surface area contributed by atoms with E-state index in [-0.39, 0.29) is 6.29 Å². The van der Waals surface area contributed by atoms with Crippen molar-refractivity contribution in [3.8, 4) is 11.5 Å². The van der Waals surface area contributed by atoms with E-state index < -0.39 is 0 Å². The zero-order chi connectivity index (χ0) is 15.6. The molecule has 1 unspecified atom stereocenters. The Morgan fingerprint density at radius 3 is 2.23 bits per heavy atom. The lowest BCUT2D eigenvalue weighted by Gasteiger charge is -2.11. The predicted octanol–water partition coefficient (Wildman–Crippen LogP) is 4.00. The average molecular weight is 302 g/mol. The van der Waals surface area contributed by atoms with Gasteiger partial charge in [-0.15, -0.1) is 0 Å². The second-order valence-corrected chi connectivity index (χ2v) is 4.79. The number of ether oxygens (including phenoxy) is 4. The molecule has 0 bridgehead atoms. The van der Waals surface area contributed by atoms with E-state index in [2.05, 4.69) is 0 Å². The number of methoxy groups -OCH3 is 1. The Balaban J connectivity index is 1.70. The fraction of sp³-hybridized carbons (Fsp3) is 0.333. The third kappa shape index (κ3) is 5.85. The van der Waals surface area contributed by atoms with Gasteiger partial charge in [0.05, 0.1) is 19.8 Å². The Labute approximate surface area is 131 Å². The van der Waals surface area contributed by atoms with Gasteiger partial charge < -0.3 is 18.9 Å². The minimum atomic E-state index is -0.196. The van der Waals surface area contributed by atoms with E-state index in [4.69, 9.17) is 18.9 Å². The van der Waals surface area contributed by atoms with E-state index in [1.165, 1.54) is 0 Å². The van der Waals surface area contributed by atoms with E-state index in [0.717, 1.165) is 17.1 Å². The quantitative estimate of drug-likeness (QED) is 0.518. The van der Waals surface area contributed by atoms with Gasteiger partial charge in [0.1, 0.15) is 11.5 Å². The molecule has 4 nitrogen and oxygen atoms in total. The van der Waals surface area contributed by atoms with Gasteiger partial charge in [-0.2, -0.15) is 0 Å². The van der Waals surface area contributed by atoms with Gasteiger partial charge in [0.25, 0.3) is 0 Å². The highest BCUT2D eigenvalue weighted by Crippen LogP contribution is 2.21. The summed E-state index contributed by atoms with van der Waals surface area (Å²) in [6.07, 6.45) is -0.196. The molecule has 0 heterocycles. The van der Waals surface area contributed by atoms with Crippen LogP contribution in [0.3, 0.4) is 0 Å². The van der Waals surface area contributed by atoms with E-state index in [1.807, 2.05) is 61.5 Å². The van der Waals surface area contributed by atoms with Gasteiger partial charge in [-0.05, 0) is 36.8 Å². The summed E-state index contributed by atoms with van der Waals surface area (Å²) in [5, 5.41) is 0. The van der Waals surface area contributed by atoms with Crippen LogP contribution in [-0.2, 0) is 20.8 Å². The number of hydrogen-bond acceptors (Lipinski definition) is 4. The first-order valence-electron chi connectivity index (χ1n) is 7.32. The lowest BCUT2D eigenvalue weighted by Crippen LogP contribution is -2.14. The standard InChI is InChI=1S/C18H22O4/c1-15(19-2)21-13-12-20-14-16-8-10-18(11-9-16)22-17-6-4-3-5-7-17/h3-11,15H,12-14H2,1-2H3. The zero-order valence-corrected chi connectivity index (χ0v) is 13.0. The smallest absolute Gasteiger partial charge is 0.154 e. The molecule has 0 saturated carbocycles. The molecular weight excluding hydrogens is 280 g/mol. The monoisotopic (exact) mass is 302 g/mol. The largest absolute Gasteiger partial charge is 0.457 e. The van der Waals surface area contributed by atoms with Gasteiger partial charge >= 0.3 is 0 Å². The molecule has 2 aromatic carbocycles. The van der Waals surface area contributed by atoms with Gasteiger partial charge in [0, 0.05) is 7.11 Å². The first-order valence-corrected chi connectivity index (χ1v) is 7.32. The number of para-hydroxylation sites is 1. The molecule has 22 heavy (non-hydrogen) atoms. The van der Waals surface area contributed by atoms with Crippen LogP contribution in [0.2, 0.25) is 0 Å². The molecule has 0 aromatic heterocycles. The van der Waals surface area contributed by atoms with E-state index in [9.17, 15) is 0 Å². The molecule has 0 radical (unpaired) electrons. The summed E-state index contributed by atoms with van der Waals surface area (Å²) < 4.78 is 21.6. The number of hydrogen-bond donors (Lipinski definition) is 0. The molecule has 118 valence electrons. The highest BCUT2D eigenvalue weighted by Gasteiger charge is 2.00. The number of benzene rings is 2. The van der Waals surface area contributed by atoms with Crippen LogP contribution in [0.4, 0.5) is 0 Å². The molecule has 1 atom stereocenters. The average Bonchev–Trinajstić information content (AvgIpc) is 2.57. The maximum Gasteiger partial charge on any atom is 0.154 e. The van der Waals surface area contributed by atoms with Crippen molar-refractivity contribution in [1.82, 2.24) is 0 Å². The minimum absolute atomic E-state index is 0.196. The van der Waals surface area contributed by atoms with Gasteiger partial charge in [0.15, 0.2) is 6.29 Å². The predicted molar refractivity (Wildman–Crippen MR) is 85.0 cm³/mol. The van der Waals surface area contributed by atoms with Crippen LogP contribution >= 0.6 is 0 Å². The van der Waals surface area contributed by atoms with Crippen LogP contribution < -0.4 is 4.74 Å². The fourth-order valence-electron chi connectivity index (χ4n) is 1.81. The lowest BCUT2D eigenvalue weighted by molar-refractivity contribution is -0.122. The van der Waals surface area contributed by atoms with Gasteiger partial charge in [0.2, 0.25) is 0 Å². The summed E-state index contributed by atoms with van der Waals surface area (Å²) in [5.41, 5.74) is 1.10. The fourth-order valence-corrected chi connectivity index (χ4v) is 1.81. The van der Waals surface area contributed by atoms with Gasteiger partial charge in [-0.25, -0.2) is 0 Å². The Kier molecular flexibility index (Phi) is 6.90. The molecule has 4 heteroatoms. The first-order chi connectivity index (χ1) is 10.8. The van der Waals surface area contributed by atoms with Crippen molar-refractivity contribution in [2.75, 3.05) is 20.3 Å². The Hall–Kier alpha value is -1.88. The molecule has 0 amide bonds. The molecule has 2 rings (SSSR count). The molecule has 2 aromatic rings. The number of rotatable bonds is 9. The van der Waals surface area contributed by atoms with Gasteiger partial charge in [-0.1, -0.05) is 30.3 Å². The molecule has 0 N–H and O–H groups in total. The SMILES string of the molecule is COC(C)OCCOCc1ccc(Oc2ccccc2)cc1. The Bertz CT molecular complexity index is 525. The molecule has 0 aliphatic rings. The highest BCUT2D eigenvalue weighted by atomic mass is 16.7. The summed E-state index contributed by atoms with van der Waals surface area (Å²) in [6.45, 7) is 3.46. The van der Waals surface area contributed by atoms with Crippen LogP contribution in [-0.4, -0.2) is 26.6 Å². The van der Waals surface area contributed by atoms with Crippen LogP contribution in [0.1, 0.15) is 12.5 Å². The molecule has 0 saturated heterocycles. The second kappa shape index (κ2) is 9.20. The van der Waals surface area contributed by atoms with Crippen LogP contribution in [0, 0.1) is 0 Å². The topological polar surface area (TPSA) is 36.9 Å². The van der Waals surface area contributed by atoms with Gasteiger partial charge in [-0.3, -0.25) is 0 Å². The summed E-state index contributed by atoms with van der Waals surface area (Å²) in [5.74, 6) is 1.64. The maximum atomic E-state index is 5.74. The second-order valence-electron chi connectivity index (χ2n) is 4.79. The van der Waals surface area contributed by atoms with Crippen molar-refractivity contribution < 1.29 is 18.9 Å². The van der Waals surface area contributed by atoms with Crippen molar-refractivity contribution in [3.63, 3.8) is 0 Å². The summed E-state index contributed by atoms with van der Waals surface area (Å²) in [4.78, 5) is 0. The van der Waals surface area contributed by atoms with Crippen molar-refractivity contribution in [1.29, 1.82) is 0 Å². The molecule has 0 aliphatic heterocycles. The molecule has 0 fully saturated rings. The normalized spacial score (nSPS) is 12.1. The van der Waals surface area contributed by atoms with E-state index >= 15 is 0 Å². The van der Waals surface area contributed by atoms with Crippen LogP contribution in [0.25, 0.3) is 0 Å². The van der Waals surface area contributed by atoms with Crippen LogP contribution in [0.5, 0.6) is 11.5 Å². The van der Waals surface area contributed by atoms with Crippen molar-refractivity contribution in [3.05, 3.63) is 60.2 Å². The Morgan fingerprint density at radius 1 is 0.864 bits per heavy atom. The van der Waals surface area contributed by atoms with E-state index in [0.29, 0.717) is 19.8 Å². The Morgan fingerprint density at radius 2 is 1.55 bits per heavy atom. The third-order valence-electron chi connectivity index (χ3n) is 3.08. The third-order valence-corrected chi connectivity index (χ3v) is 3.08. The maximum absolute atomic E-state index is 5.74. The van der Waals surface area contributed by atoms with Crippen molar-refractivity contribution >= 4 is 0 Å². The molecule has 0 aliphatic carbocycles. The van der Waals surface area contributed by atoms with Crippen LogP contribution in [0.15, 0.2) is 54.6 Å². The summed E-state index contributed by atoms with van der Waals surface area (Å²) >= 11 is 0. The lowest BCUT2D eigenvalue weighted by atomic mass is 10.2. The first kappa shape index (κ1) is 16.5.